The van der Waals surface area contributed by atoms with Crippen molar-refractivity contribution in [3.8, 4) is 5.75 Å². The number of hydrogen-bond acceptors (Lipinski definition) is 6. The summed E-state index contributed by atoms with van der Waals surface area (Å²) in [6.07, 6.45) is 0.316. The summed E-state index contributed by atoms with van der Waals surface area (Å²) < 4.78 is 30.7. The van der Waals surface area contributed by atoms with Crippen LogP contribution in [0.3, 0.4) is 0 Å². The van der Waals surface area contributed by atoms with Gasteiger partial charge in [0.1, 0.15) is 11.1 Å². The Balaban J connectivity index is 2.15. The first kappa shape index (κ1) is 19.9. The predicted molar refractivity (Wildman–Crippen MR) is 98.5 cm³/mol. The van der Waals surface area contributed by atoms with Gasteiger partial charge in [0, 0.05) is 6.54 Å². The summed E-state index contributed by atoms with van der Waals surface area (Å²) in [6.45, 7) is 2.23. The molecule has 2 rings (SSSR count). The number of ether oxygens (including phenoxy) is 1. The lowest BCUT2D eigenvalue weighted by molar-refractivity contribution is -0.143. The van der Waals surface area contributed by atoms with Crippen molar-refractivity contribution in [1.82, 2.24) is 5.32 Å². The Kier molecular flexibility index (Phi) is 7.17. The number of aromatic hydroxyl groups is 1. The Morgan fingerprint density at radius 2 is 1.88 bits per heavy atom. The van der Waals surface area contributed by atoms with Crippen molar-refractivity contribution in [2.75, 3.05) is 13.2 Å². The van der Waals surface area contributed by atoms with E-state index in [1.807, 2.05) is 30.3 Å². The average molecular weight is 377 g/mol. The van der Waals surface area contributed by atoms with Gasteiger partial charge in [-0.3, -0.25) is 4.79 Å². The summed E-state index contributed by atoms with van der Waals surface area (Å²) in [5.74, 6) is -0.737. The predicted octanol–water partition coefficient (Wildman–Crippen LogP) is 2.28. The first-order valence-corrected chi connectivity index (χ1v) is 9.94. The molecule has 0 fully saturated rings. The van der Waals surface area contributed by atoms with Gasteiger partial charge >= 0.3 is 5.97 Å². The number of carbonyl (C=O) groups excluding carboxylic acids is 1. The van der Waals surface area contributed by atoms with Gasteiger partial charge in [-0.1, -0.05) is 36.4 Å². The minimum Gasteiger partial charge on any atom is -0.508 e. The summed E-state index contributed by atoms with van der Waals surface area (Å²) in [4.78, 5) is 11.8. The Bertz CT molecular complexity index is 821. The minimum atomic E-state index is -3.86. The van der Waals surface area contributed by atoms with Gasteiger partial charge in [0.05, 0.1) is 17.9 Å². The average Bonchev–Trinajstić information content (AvgIpc) is 2.62. The number of hydrogen-bond donors (Lipinski definition) is 2. The summed E-state index contributed by atoms with van der Waals surface area (Å²) in [5, 5.41) is 11.4. The van der Waals surface area contributed by atoms with Crippen LogP contribution in [0.4, 0.5) is 0 Å². The van der Waals surface area contributed by atoms with Crippen LogP contribution in [0.1, 0.15) is 18.9 Å². The molecule has 1 atom stereocenters. The van der Waals surface area contributed by atoms with E-state index < -0.39 is 21.2 Å². The second-order valence-corrected chi connectivity index (χ2v) is 7.86. The lowest BCUT2D eigenvalue weighted by Crippen LogP contribution is -2.40. The molecule has 2 aromatic rings. The zero-order valence-electron chi connectivity index (χ0n) is 14.6. The first-order chi connectivity index (χ1) is 12.4. The molecule has 6 nitrogen and oxygen atoms in total. The molecular weight excluding hydrogens is 354 g/mol. The lowest BCUT2D eigenvalue weighted by atomic mass is 10.1. The molecule has 0 aliphatic carbocycles. The van der Waals surface area contributed by atoms with Crippen LogP contribution in [0, 0.1) is 0 Å². The highest BCUT2D eigenvalue weighted by atomic mass is 32.2. The van der Waals surface area contributed by atoms with Crippen LogP contribution in [-0.4, -0.2) is 38.0 Å². The van der Waals surface area contributed by atoms with Crippen molar-refractivity contribution in [2.45, 2.75) is 30.0 Å². The standard InChI is InChI=1S/C19H23NO5S/c1-2-25-19(22)14-18(20-12-11-15-7-4-3-5-8-15)26(23,24)17-10-6-9-16(21)13-17/h3-10,13,18,20-21H,2,11-12,14H2,1H3. The van der Waals surface area contributed by atoms with Gasteiger partial charge < -0.3 is 15.2 Å². The van der Waals surface area contributed by atoms with E-state index in [1.54, 1.807) is 6.92 Å². The topological polar surface area (TPSA) is 92.7 Å². The normalized spacial score (nSPS) is 12.5. The molecule has 0 saturated carbocycles. The number of rotatable bonds is 9. The molecule has 0 amide bonds. The number of benzene rings is 2. The summed E-state index contributed by atoms with van der Waals surface area (Å²) in [6, 6.07) is 15.0. The minimum absolute atomic E-state index is 0.0426. The molecule has 0 heterocycles. The van der Waals surface area contributed by atoms with Crippen LogP contribution < -0.4 is 5.32 Å². The molecule has 0 aliphatic rings. The maximum atomic E-state index is 12.9. The smallest absolute Gasteiger partial charge is 0.308 e. The fraction of sp³-hybridized carbons (Fsp3) is 0.316. The van der Waals surface area contributed by atoms with Gasteiger partial charge in [0.2, 0.25) is 0 Å². The molecule has 7 heteroatoms. The second-order valence-electron chi connectivity index (χ2n) is 5.73. The third kappa shape index (κ3) is 5.57. The Hall–Kier alpha value is -2.38. The van der Waals surface area contributed by atoms with Crippen molar-refractivity contribution < 1.29 is 23.1 Å². The van der Waals surface area contributed by atoms with Gasteiger partial charge in [-0.25, -0.2) is 8.42 Å². The zero-order chi connectivity index (χ0) is 19.0. The van der Waals surface area contributed by atoms with E-state index in [0.29, 0.717) is 13.0 Å². The highest BCUT2D eigenvalue weighted by Gasteiger charge is 2.30. The van der Waals surface area contributed by atoms with E-state index >= 15 is 0 Å². The van der Waals surface area contributed by atoms with Crippen molar-refractivity contribution in [2.24, 2.45) is 0 Å². The second kappa shape index (κ2) is 9.35. The fourth-order valence-electron chi connectivity index (χ4n) is 2.51. The number of phenols is 1. The molecule has 0 aromatic heterocycles. The van der Waals surface area contributed by atoms with Crippen LogP contribution >= 0.6 is 0 Å². The largest absolute Gasteiger partial charge is 0.508 e. The van der Waals surface area contributed by atoms with E-state index in [4.69, 9.17) is 4.74 Å². The number of phenolic OH excluding ortho intramolecular Hbond substituents is 1. The van der Waals surface area contributed by atoms with E-state index in [9.17, 15) is 18.3 Å². The molecule has 2 N–H and O–H groups in total. The van der Waals surface area contributed by atoms with Crippen LogP contribution in [0.2, 0.25) is 0 Å². The van der Waals surface area contributed by atoms with Crippen molar-refractivity contribution in [3.05, 3.63) is 60.2 Å². The van der Waals surface area contributed by atoms with Crippen molar-refractivity contribution >= 4 is 15.8 Å². The molecule has 26 heavy (non-hydrogen) atoms. The lowest BCUT2D eigenvalue weighted by Gasteiger charge is -2.19. The first-order valence-electron chi connectivity index (χ1n) is 8.39. The fourth-order valence-corrected chi connectivity index (χ4v) is 4.08. The van der Waals surface area contributed by atoms with E-state index in [-0.39, 0.29) is 23.7 Å². The molecule has 0 saturated heterocycles. The molecular formula is C19H23NO5S. The van der Waals surface area contributed by atoms with Crippen LogP contribution in [0.15, 0.2) is 59.5 Å². The molecule has 0 aliphatic heterocycles. The van der Waals surface area contributed by atoms with E-state index in [0.717, 1.165) is 5.56 Å². The van der Waals surface area contributed by atoms with Crippen LogP contribution in [0.25, 0.3) is 0 Å². The number of nitrogens with one attached hydrogen (secondary N) is 1. The van der Waals surface area contributed by atoms with Gasteiger partial charge in [0.15, 0.2) is 9.84 Å². The molecule has 0 spiro atoms. The summed E-state index contributed by atoms with van der Waals surface area (Å²) in [5.41, 5.74) is 1.06. The maximum Gasteiger partial charge on any atom is 0.308 e. The molecule has 0 radical (unpaired) electrons. The molecule has 1 unspecified atom stereocenters. The highest BCUT2D eigenvalue weighted by Crippen LogP contribution is 2.21. The number of esters is 1. The number of carbonyl (C=O) groups is 1. The summed E-state index contributed by atoms with van der Waals surface area (Å²) >= 11 is 0. The van der Waals surface area contributed by atoms with Gasteiger partial charge in [-0.05, 0) is 37.1 Å². The Morgan fingerprint density at radius 1 is 1.15 bits per heavy atom. The van der Waals surface area contributed by atoms with Crippen LogP contribution in [-0.2, 0) is 25.8 Å². The van der Waals surface area contributed by atoms with Crippen molar-refractivity contribution in [1.29, 1.82) is 0 Å². The zero-order valence-corrected chi connectivity index (χ0v) is 15.4. The number of sulfone groups is 1. The van der Waals surface area contributed by atoms with Gasteiger partial charge in [0.25, 0.3) is 0 Å². The SMILES string of the molecule is CCOC(=O)CC(NCCc1ccccc1)S(=O)(=O)c1cccc(O)c1. The van der Waals surface area contributed by atoms with E-state index in [1.165, 1.54) is 24.3 Å². The molecule has 0 bridgehead atoms. The van der Waals surface area contributed by atoms with Gasteiger partial charge in [-0.15, -0.1) is 0 Å². The Morgan fingerprint density at radius 3 is 2.54 bits per heavy atom. The highest BCUT2D eigenvalue weighted by molar-refractivity contribution is 7.92. The molecule has 140 valence electrons. The third-order valence-corrected chi connectivity index (χ3v) is 5.80. The quantitative estimate of drug-likeness (QED) is 0.651. The molecule has 2 aromatic carbocycles. The Labute approximate surface area is 153 Å². The third-order valence-electron chi connectivity index (χ3n) is 3.81. The van der Waals surface area contributed by atoms with E-state index in [2.05, 4.69) is 5.32 Å². The summed E-state index contributed by atoms with van der Waals surface area (Å²) in [7, 11) is -3.86. The maximum absolute atomic E-state index is 12.9. The van der Waals surface area contributed by atoms with Gasteiger partial charge in [-0.2, -0.15) is 0 Å². The van der Waals surface area contributed by atoms with Crippen molar-refractivity contribution in [3.63, 3.8) is 0 Å². The van der Waals surface area contributed by atoms with Crippen LogP contribution in [0.5, 0.6) is 5.75 Å². The monoisotopic (exact) mass is 377 g/mol.